The highest BCUT2D eigenvalue weighted by Crippen LogP contribution is 2.24. The van der Waals surface area contributed by atoms with Crippen molar-refractivity contribution in [1.29, 1.82) is 0 Å². The van der Waals surface area contributed by atoms with Gasteiger partial charge in [0.1, 0.15) is 5.75 Å². The molecule has 1 atom stereocenters. The van der Waals surface area contributed by atoms with Crippen LogP contribution in [0.15, 0.2) is 18.2 Å². The van der Waals surface area contributed by atoms with Crippen molar-refractivity contribution in [2.45, 2.75) is 91.4 Å². The summed E-state index contributed by atoms with van der Waals surface area (Å²) < 4.78 is 5.26. The molecule has 164 valence electrons. The molecule has 0 aromatic heterocycles. The number of aryl methyl sites for hydroxylation is 1. The van der Waals surface area contributed by atoms with Gasteiger partial charge in [0.15, 0.2) is 0 Å². The van der Waals surface area contributed by atoms with Crippen molar-refractivity contribution in [3.05, 3.63) is 23.8 Å². The third kappa shape index (κ3) is 11.5. The van der Waals surface area contributed by atoms with Crippen molar-refractivity contribution in [2.24, 2.45) is 5.92 Å². The number of unbranched alkanes of at least 4 members (excludes halogenated alkanes) is 9. The van der Waals surface area contributed by atoms with Gasteiger partial charge in [-0.1, -0.05) is 77.7 Å². The summed E-state index contributed by atoms with van der Waals surface area (Å²) in [7, 11) is 0. The highest BCUT2D eigenvalue weighted by atomic mass is 16.5. The predicted molar refractivity (Wildman–Crippen MR) is 118 cm³/mol. The zero-order chi connectivity index (χ0) is 21.5. The van der Waals surface area contributed by atoms with Gasteiger partial charge in [-0.3, -0.25) is 9.59 Å². The minimum Gasteiger partial charge on any atom is -0.506 e. The van der Waals surface area contributed by atoms with Gasteiger partial charge in [0.05, 0.1) is 18.7 Å². The summed E-state index contributed by atoms with van der Waals surface area (Å²) in [4.78, 5) is 24.2. The van der Waals surface area contributed by atoms with Crippen LogP contribution < -0.4 is 5.32 Å². The molecule has 1 aromatic rings. The number of nitrogens with one attached hydrogen (secondary N) is 1. The number of benzene rings is 1. The number of phenolic OH excluding ortho intramolecular Hbond substituents is 1. The van der Waals surface area contributed by atoms with E-state index >= 15 is 0 Å². The molecule has 1 amide bonds. The van der Waals surface area contributed by atoms with E-state index in [0.717, 1.165) is 18.4 Å². The minimum atomic E-state index is -0.518. The summed E-state index contributed by atoms with van der Waals surface area (Å²) in [5, 5.41) is 12.5. The number of amides is 1. The fraction of sp³-hybridized carbons (Fsp3) is 0.667. The van der Waals surface area contributed by atoms with Crippen LogP contribution in [-0.2, 0) is 14.3 Å². The maximum absolute atomic E-state index is 12.2. The van der Waals surface area contributed by atoms with E-state index in [1.807, 2.05) is 6.92 Å². The summed E-state index contributed by atoms with van der Waals surface area (Å²) in [6, 6.07) is 5.00. The lowest BCUT2D eigenvalue weighted by molar-refractivity contribution is -0.146. The maximum Gasteiger partial charge on any atom is 0.306 e. The SMILES string of the molecule is CCCCCCCCCCCCOC(=O)CC(C)C(=O)Nc1cc(C)ccc1O. The van der Waals surface area contributed by atoms with Gasteiger partial charge >= 0.3 is 5.97 Å². The number of hydrogen-bond acceptors (Lipinski definition) is 4. The lowest BCUT2D eigenvalue weighted by Gasteiger charge is -2.13. The van der Waals surface area contributed by atoms with E-state index in [4.69, 9.17) is 4.74 Å². The van der Waals surface area contributed by atoms with Crippen LogP contribution in [0, 0.1) is 12.8 Å². The second kappa shape index (κ2) is 14.9. The Morgan fingerprint density at radius 1 is 1.00 bits per heavy atom. The molecule has 2 N–H and O–H groups in total. The Morgan fingerprint density at radius 2 is 1.59 bits per heavy atom. The molecule has 29 heavy (non-hydrogen) atoms. The van der Waals surface area contributed by atoms with Gasteiger partial charge in [-0.25, -0.2) is 0 Å². The third-order valence-electron chi connectivity index (χ3n) is 5.09. The first kappa shape index (κ1) is 25.0. The van der Waals surface area contributed by atoms with E-state index in [1.54, 1.807) is 19.1 Å². The van der Waals surface area contributed by atoms with E-state index < -0.39 is 5.92 Å². The predicted octanol–water partition coefficient (Wildman–Crippen LogP) is 6.13. The average Bonchev–Trinajstić information content (AvgIpc) is 2.68. The summed E-state index contributed by atoms with van der Waals surface area (Å²) in [5.74, 6) is -1.16. The maximum atomic E-state index is 12.2. The van der Waals surface area contributed by atoms with Crippen molar-refractivity contribution in [1.82, 2.24) is 0 Å². The van der Waals surface area contributed by atoms with Crippen LogP contribution in [0.1, 0.15) is 90.0 Å². The first-order valence-corrected chi connectivity index (χ1v) is 11.2. The minimum absolute atomic E-state index is 0.0136. The summed E-state index contributed by atoms with van der Waals surface area (Å²) in [5.41, 5.74) is 1.29. The second-order valence-electron chi connectivity index (χ2n) is 8.02. The van der Waals surface area contributed by atoms with Crippen LogP contribution in [0.3, 0.4) is 0 Å². The van der Waals surface area contributed by atoms with Gasteiger partial charge < -0.3 is 15.2 Å². The Labute approximate surface area is 176 Å². The molecule has 1 unspecified atom stereocenters. The smallest absolute Gasteiger partial charge is 0.306 e. The Morgan fingerprint density at radius 3 is 2.21 bits per heavy atom. The number of aromatic hydroxyl groups is 1. The largest absolute Gasteiger partial charge is 0.506 e. The van der Waals surface area contributed by atoms with Crippen molar-refractivity contribution in [3.8, 4) is 5.75 Å². The van der Waals surface area contributed by atoms with E-state index in [9.17, 15) is 14.7 Å². The number of hydrogen-bond donors (Lipinski definition) is 2. The first-order valence-electron chi connectivity index (χ1n) is 11.2. The Bertz CT molecular complexity index is 615. The molecule has 5 heteroatoms. The van der Waals surface area contributed by atoms with Gasteiger partial charge in [-0.05, 0) is 31.0 Å². The Hall–Kier alpha value is -2.04. The molecule has 0 aliphatic heterocycles. The molecule has 0 saturated heterocycles. The fourth-order valence-electron chi connectivity index (χ4n) is 3.18. The van der Waals surface area contributed by atoms with E-state index in [2.05, 4.69) is 12.2 Å². The van der Waals surface area contributed by atoms with E-state index in [0.29, 0.717) is 12.3 Å². The zero-order valence-corrected chi connectivity index (χ0v) is 18.5. The van der Waals surface area contributed by atoms with Crippen LogP contribution in [0.2, 0.25) is 0 Å². The van der Waals surface area contributed by atoms with E-state index in [-0.39, 0.29) is 24.0 Å². The molecule has 0 saturated carbocycles. The van der Waals surface area contributed by atoms with Crippen LogP contribution in [0.25, 0.3) is 0 Å². The van der Waals surface area contributed by atoms with Crippen LogP contribution in [0.4, 0.5) is 5.69 Å². The monoisotopic (exact) mass is 405 g/mol. The summed E-state index contributed by atoms with van der Waals surface area (Å²) in [6.07, 6.45) is 12.4. The van der Waals surface area contributed by atoms with Gasteiger partial charge in [0.25, 0.3) is 0 Å². The van der Waals surface area contributed by atoms with Crippen LogP contribution in [0.5, 0.6) is 5.75 Å². The summed E-state index contributed by atoms with van der Waals surface area (Å²) >= 11 is 0. The van der Waals surface area contributed by atoms with Crippen LogP contribution in [-0.4, -0.2) is 23.6 Å². The van der Waals surface area contributed by atoms with Gasteiger partial charge in [-0.15, -0.1) is 0 Å². The highest BCUT2D eigenvalue weighted by molar-refractivity contribution is 5.95. The van der Waals surface area contributed by atoms with Crippen molar-refractivity contribution >= 4 is 17.6 Å². The zero-order valence-electron chi connectivity index (χ0n) is 18.5. The topological polar surface area (TPSA) is 75.6 Å². The third-order valence-corrected chi connectivity index (χ3v) is 5.09. The molecule has 1 rings (SSSR count). The normalized spacial score (nSPS) is 11.8. The molecule has 0 aliphatic rings. The average molecular weight is 406 g/mol. The second-order valence-corrected chi connectivity index (χ2v) is 8.02. The number of esters is 1. The first-order chi connectivity index (χ1) is 13.9. The number of carbonyl (C=O) groups excluding carboxylic acids is 2. The quantitative estimate of drug-likeness (QED) is 0.209. The van der Waals surface area contributed by atoms with Crippen molar-refractivity contribution in [3.63, 3.8) is 0 Å². The molecular formula is C24H39NO4. The van der Waals surface area contributed by atoms with Crippen molar-refractivity contribution < 1.29 is 19.4 Å². The summed E-state index contributed by atoms with van der Waals surface area (Å²) in [6.45, 7) is 6.22. The van der Waals surface area contributed by atoms with Crippen molar-refractivity contribution in [2.75, 3.05) is 11.9 Å². The number of phenols is 1. The molecule has 1 aromatic carbocycles. The molecule has 5 nitrogen and oxygen atoms in total. The molecule has 0 fully saturated rings. The van der Waals surface area contributed by atoms with E-state index in [1.165, 1.54) is 57.4 Å². The number of carbonyl (C=O) groups is 2. The molecule has 0 heterocycles. The number of rotatable bonds is 15. The highest BCUT2D eigenvalue weighted by Gasteiger charge is 2.19. The lowest BCUT2D eigenvalue weighted by Crippen LogP contribution is -2.24. The van der Waals surface area contributed by atoms with Gasteiger partial charge in [-0.2, -0.15) is 0 Å². The molecule has 0 aliphatic carbocycles. The lowest BCUT2D eigenvalue weighted by atomic mass is 10.1. The number of anilines is 1. The van der Waals surface area contributed by atoms with Gasteiger partial charge in [0.2, 0.25) is 5.91 Å². The molecule has 0 bridgehead atoms. The Kier molecular flexibility index (Phi) is 12.8. The molecule has 0 radical (unpaired) electrons. The fourth-order valence-corrected chi connectivity index (χ4v) is 3.18. The number of ether oxygens (including phenoxy) is 1. The van der Waals surface area contributed by atoms with Crippen LogP contribution >= 0.6 is 0 Å². The molecule has 0 spiro atoms. The Balaban J connectivity index is 2.10. The van der Waals surface area contributed by atoms with Gasteiger partial charge in [0, 0.05) is 5.92 Å². The molecular weight excluding hydrogens is 366 g/mol. The standard InChI is InChI=1S/C24H39NO4/c1-4-5-6-7-8-9-10-11-12-13-16-29-23(27)18-20(3)24(28)25-21-17-19(2)14-15-22(21)26/h14-15,17,20,26H,4-13,16,18H2,1-3H3,(H,25,28).